The number of benzene rings is 2. The third kappa shape index (κ3) is 3.50. The molecule has 0 unspecified atom stereocenters. The van der Waals surface area contributed by atoms with Crippen LogP contribution in [-0.4, -0.2) is 23.5 Å². The Kier molecular flexibility index (Phi) is 5.29. The normalized spacial score (nSPS) is 27.4. The molecule has 33 heavy (non-hydrogen) atoms. The molecule has 6 rings (SSSR count). The summed E-state index contributed by atoms with van der Waals surface area (Å²) in [6, 6.07) is 17.3. The monoisotopic (exact) mass is 442 g/mol. The molecule has 1 aromatic heterocycles. The van der Waals surface area contributed by atoms with Gasteiger partial charge in [0.25, 0.3) is 0 Å². The van der Waals surface area contributed by atoms with Crippen molar-refractivity contribution in [2.45, 2.75) is 63.5 Å². The average molecular weight is 443 g/mol. The summed E-state index contributed by atoms with van der Waals surface area (Å²) in [6.45, 7) is 4.73. The van der Waals surface area contributed by atoms with Crippen molar-refractivity contribution in [2.24, 2.45) is 11.8 Å². The zero-order valence-corrected chi connectivity index (χ0v) is 19.8. The van der Waals surface area contributed by atoms with Crippen LogP contribution >= 0.6 is 0 Å². The Bertz CT molecular complexity index is 1140. The zero-order chi connectivity index (χ0) is 22.4. The van der Waals surface area contributed by atoms with Crippen LogP contribution < -0.4 is 4.74 Å². The molecular formula is C29H34N2O2. The minimum atomic E-state index is 0.247. The van der Waals surface area contributed by atoms with Gasteiger partial charge in [-0.3, -0.25) is 4.68 Å². The molecule has 4 atom stereocenters. The minimum absolute atomic E-state index is 0.247. The number of hydrogen-bond acceptors (Lipinski definition) is 3. The van der Waals surface area contributed by atoms with Crippen LogP contribution in [0, 0.1) is 11.8 Å². The summed E-state index contributed by atoms with van der Waals surface area (Å²) in [5.74, 6) is 3.17. The fourth-order valence-corrected chi connectivity index (χ4v) is 7.20. The van der Waals surface area contributed by atoms with Crippen LogP contribution in [0.25, 0.3) is 0 Å². The van der Waals surface area contributed by atoms with Crippen LogP contribution in [-0.2, 0) is 36.1 Å². The van der Waals surface area contributed by atoms with Gasteiger partial charge in [0, 0.05) is 18.2 Å². The first-order valence-corrected chi connectivity index (χ1v) is 12.5. The van der Waals surface area contributed by atoms with Gasteiger partial charge < -0.3 is 9.47 Å². The predicted molar refractivity (Wildman–Crippen MR) is 130 cm³/mol. The number of fused-ring (bicyclic) bond motifs is 7. The van der Waals surface area contributed by atoms with E-state index in [1.54, 1.807) is 12.7 Å². The Balaban J connectivity index is 1.22. The van der Waals surface area contributed by atoms with Crippen molar-refractivity contribution >= 4 is 0 Å². The first-order chi connectivity index (χ1) is 16.2. The van der Waals surface area contributed by atoms with Gasteiger partial charge in [-0.05, 0) is 84.2 Å². The van der Waals surface area contributed by atoms with Gasteiger partial charge >= 0.3 is 0 Å². The van der Waals surface area contributed by atoms with Crippen LogP contribution in [0.1, 0.15) is 60.1 Å². The number of aryl methyl sites for hydroxylation is 1. The van der Waals surface area contributed by atoms with E-state index in [0.717, 1.165) is 37.2 Å². The maximum Gasteiger partial charge on any atom is 0.120 e. The van der Waals surface area contributed by atoms with Crippen LogP contribution in [0.2, 0.25) is 0 Å². The lowest BCUT2D eigenvalue weighted by atomic mass is 9.55. The fourth-order valence-electron chi connectivity index (χ4n) is 7.20. The molecule has 0 radical (unpaired) electrons. The molecule has 0 aliphatic heterocycles. The Labute approximate surface area is 196 Å². The third-order valence-corrected chi connectivity index (χ3v) is 8.74. The number of nitrogens with zero attached hydrogens (tertiary/aromatic N) is 2. The molecule has 3 aromatic rings. The molecule has 1 heterocycles. The molecule has 1 saturated carbocycles. The average Bonchev–Trinajstić information content (AvgIpc) is 3.39. The van der Waals surface area contributed by atoms with Gasteiger partial charge in [-0.15, -0.1) is 0 Å². The van der Waals surface area contributed by atoms with Crippen molar-refractivity contribution < 1.29 is 9.47 Å². The van der Waals surface area contributed by atoms with E-state index in [1.807, 2.05) is 6.07 Å². The molecule has 1 fully saturated rings. The smallest absolute Gasteiger partial charge is 0.120 e. The predicted octanol–water partition coefficient (Wildman–Crippen LogP) is 5.68. The van der Waals surface area contributed by atoms with Crippen LogP contribution in [0.5, 0.6) is 5.75 Å². The van der Waals surface area contributed by atoms with Gasteiger partial charge in [-0.2, -0.15) is 5.10 Å². The molecule has 0 bridgehead atoms. The molecule has 0 spiro atoms. The lowest BCUT2D eigenvalue weighted by Crippen LogP contribution is -2.44. The molecule has 4 heteroatoms. The number of methoxy groups -OCH3 is 1. The largest absolute Gasteiger partial charge is 0.489 e. The molecular weight excluding hydrogens is 408 g/mol. The topological polar surface area (TPSA) is 36.3 Å². The van der Waals surface area contributed by atoms with Crippen LogP contribution in [0.15, 0.2) is 54.7 Å². The van der Waals surface area contributed by atoms with Gasteiger partial charge in [0.2, 0.25) is 0 Å². The fraction of sp³-hybridized carbons (Fsp3) is 0.483. The second-order valence-electron chi connectivity index (χ2n) is 10.4. The van der Waals surface area contributed by atoms with Gasteiger partial charge in [-0.1, -0.05) is 43.3 Å². The maximum atomic E-state index is 6.14. The molecule has 4 nitrogen and oxygen atoms in total. The number of hydrogen-bond donors (Lipinski definition) is 0. The molecule has 3 aliphatic carbocycles. The van der Waals surface area contributed by atoms with Crippen molar-refractivity contribution in [3.05, 3.63) is 82.7 Å². The molecule has 0 amide bonds. The van der Waals surface area contributed by atoms with E-state index >= 15 is 0 Å². The Morgan fingerprint density at radius 3 is 2.82 bits per heavy atom. The summed E-state index contributed by atoms with van der Waals surface area (Å²) < 4.78 is 13.7. The lowest BCUT2D eigenvalue weighted by Gasteiger charge is -2.49. The first-order valence-electron chi connectivity index (χ1n) is 12.5. The lowest BCUT2D eigenvalue weighted by molar-refractivity contribution is 0.0977. The third-order valence-electron chi connectivity index (χ3n) is 8.74. The quantitative estimate of drug-likeness (QED) is 0.493. The van der Waals surface area contributed by atoms with E-state index in [0.29, 0.717) is 12.5 Å². The Hall–Kier alpha value is -2.59. The van der Waals surface area contributed by atoms with E-state index in [1.165, 1.54) is 48.1 Å². The highest BCUT2D eigenvalue weighted by atomic mass is 16.5. The molecule has 0 N–H and O–H groups in total. The second-order valence-corrected chi connectivity index (χ2v) is 10.4. The van der Waals surface area contributed by atoms with Gasteiger partial charge in [0.05, 0.1) is 19.3 Å². The van der Waals surface area contributed by atoms with Gasteiger partial charge in [-0.25, -0.2) is 0 Å². The van der Waals surface area contributed by atoms with Crippen molar-refractivity contribution in [1.82, 2.24) is 9.78 Å². The second kappa shape index (κ2) is 8.32. The summed E-state index contributed by atoms with van der Waals surface area (Å²) in [4.78, 5) is 0. The highest BCUT2D eigenvalue weighted by Crippen LogP contribution is 2.60. The van der Waals surface area contributed by atoms with E-state index in [4.69, 9.17) is 14.6 Å². The number of aromatic nitrogens is 2. The zero-order valence-electron chi connectivity index (χ0n) is 19.8. The molecule has 172 valence electrons. The first kappa shape index (κ1) is 21.0. The summed E-state index contributed by atoms with van der Waals surface area (Å²) in [5.41, 5.74) is 7.53. The number of ether oxygens (including phenoxy) is 2. The summed E-state index contributed by atoms with van der Waals surface area (Å²) >= 11 is 0. The van der Waals surface area contributed by atoms with Crippen molar-refractivity contribution in [1.29, 1.82) is 0 Å². The van der Waals surface area contributed by atoms with E-state index in [2.05, 4.69) is 60.3 Å². The van der Waals surface area contributed by atoms with Crippen molar-refractivity contribution in [3.8, 4) is 5.75 Å². The molecule has 3 aliphatic rings. The molecule has 2 aromatic carbocycles. The standard InChI is InChI=1S/C29H34N2O2/c1-29-13-12-25-24-11-9-23(33-19-20-6-4-3-5-7-20)16-21(24)8-10-26(25)27(29)17-22-18-30-31(28(22)29)14-15-32-2/h3-7,9,11,16,18,25-27H,8,10,12-15,17,19H2,1-2H3/t25-,26-,27+,29+/m1/s1. The van der Waals surface area contributed by atoms with Gasteiger partial charge in [0.1, 0.15) is 12.4 Å². The number of rotatable bonds is 6. The minimum Gasteiger partial charge on any atom is -0.489 e. The SMILES string of the molecule is COCCn1ncc2c1[C@@]1(C)CC[C@@H]3c4ccc(OCc5ccccc5)cc4CC[C@H]3[C@@H]1C2. The van der Waals surface area contributed by atoms with E-state index in [9.17, 15) is 0 Å². The maximum absolute atomic E-state index is 6.14. The van der Waals surface area contributed by atoms with Crippen molar-refractivity contribution in [3.63, 3.8) is 0 Å². The summed E-state index contributed by atoms with van der Waals surface area (Å²) in [6.07, 6.45) is 8.29. The van der Waals surface area contributed by atoms with Crippen LogP contribution in [0.3, 0.4) is 0 Å². The van der Waals surface area contributed by atoms with E-state index < -0.39 is 0 Å². The highest BCUT2D eigenvalue weighted by Gasteiger charge is 2.54. The Morgan fingerprint density at radius 2 is 1.97 bits per heavy atom. The van der Waals surface area contributed by atoms with Crippen LogP contribution in [0.4, 0.5) is 0 Å². The Morgan fingerprint density at radius 1 is 1.09 bits per heavy atom. The highest BCUT2D eigenvalue weighted by molar-refractivity contribution is 5.43. The summed E-state index contributed by atoms with van der Waals surface area (Å²) in [7, 11) is 1.77. The van der Waals surface area contributed by atoms with Gasteiger partial charge in [0.15, 0.2) is 0 Å². The van der Waals surface area contributed by atoms with E-state index in [-0.39, 0.29) is 5.41 Å². The van der Waals surface area contributed by atoms with Crippen molar-refractivity contribution in [2.75, 3.05) is 13.7 Å². The molecule has 0 saturated heterocycles. The summed E-state index contributed by atoms with van der Waals surface area (Å²) in [5, 5.41) is 4.72.